The first-order valence-corrected chi connectivity index (χ1v) is 8.23. The number of pyridine rings is 1. The number of carbonyl (C=O) groups excluding carboxylic acids is 1. The Bertz CT molecular complexity index is 848. The molecule has 0 aliphatic carbocycles. The number of ether oxygens (including phenoxy) is 1. The number of fused-ring (bicyclic) bond motifs is 1. The molecular formula is C19H19N3O2. The lowest BCUT2D eigenvalue weighted by molar-refractivity contribution is 0.0858. The molecule has 24 heavy (non-hydrogen) atoms. The third-order valence-electron chi connectivity index (χ3n) is 4.41. The quantitative estimate of drug-likeness (QED) is 0.776. The average Bonchev–Trinajstić information content (AvgIpc) is 3.31. The molecule has 1 fully saturated rings. The second-order valence-corrected chi connectivity index (χ2v) is 6.02. The molecule has 1 amide bonds. The van der Waals surface area contributed by atoms with Crippen molar-refractivity contribution in [3.8, 4) is 11.3 Å². The van der Waals surface area contributed by atoms with Crippen LogP contribution in [0, 0.1) is 0 Å². The van der Waals surface area contributed by atoms with Crippen molar-refractivity contribution in [3.05, 3.63) is 54.4 Å². The van der Waals surface area contributed by atoms with Crippen LogP contribution in [0.2, 0.25) is 0 Å². The third-order valence-corrected chi connectivity index (χ3v) is 4.41. The minimum Gasteiger partial charge on any atom is -0.376 e. The number of aromatic amines is 1. The number of aromatic nitrogens is 2. The number of hydrogen-bond donors (Lipinski definition) is 2. The Morgan fingerprint density at radius 1 is 1.25 bits per heavy atom. The number of benzene rings is 1. The molecule has 5 heteroatoms. The second kappa shape index (κ2) is 6.45. The van der Waals surface area contributed by atoms with Crippen LogP contribution in [0.5, 0.6) is 0 Å². The molecule has 5 nitrogen and oxygen atoms in total. The highest BCUT2D eigenvalue weighted by Crippen LogP contribution is 2.25. The number of H-pyrrole nitrogens is 1. The van der Waals surface area contributed by atoms with Crippen LogP contribution in [0.4, 0.5) is 0 Å². The Morgan fingerprint density at radius 3 is 2.92 bits per heavy atom. The van der Waals surface area contributed by atoms with E-state index >= 15 is 0 Å². The van der Waals surface area contributed by atoms with Gasteiger partial charge >= 0.3 is 0 Å². The lowest BCUT2D eigenvalue weighted by Gasteiger charge is -2.11. The van der Waals surface area contributed by atoms with Crippen molar-refractivity contribution in [1.29, 1.82) is 0 Å². The van der Waals surface area contributed by atoms with Crippen molar-refractivity contribution in [3.63, 3.8) is 0 Å². The van der Waals surface area contributed by atoms with Crippen molar-refractivity contribution in [2.24, 2.45) is 0 Å². The molecule has 0 bridgehead atoms. The summed E-state index contributed by atoms with van der Waals surface area (Å²) in [5, 5.41) is 4.02. The van der Waals surface area contributed by atoms with Gasteiger partial charge < -0.3 is 15.0 Å². The zero-order valence-electron chi connectivity index (χ0n) is 13.3. The van der Waals surface area contributed by atoms with E-state index in [1.54, 1.807) is 6.20 Å². The molecule has 2 aromatic heterocycles. The highest BCUT2D eigenvalue weighted by molar-refractivity contribution is 5.96. The molecule has 1 aromatic carbocycles. The van der Waals surface area contributed by atoms with E-state index < -0.39 is 0 Å². The number of rotatable bonds is 4. The third kappa shape index (κ3) is 2.90. The van der Waals surface area contributed by atoms with Crippen molar-refractivity contribution < 1.29 is 9.53 Å². The van der Waals surface area contributed by atoms with Crippen molar-refractivity contribution >= 4 is 16.8 Å². The minimum absolute atomic E-state index is 0.0649. The maximum Gasteiger partial charge on any atom is 0.251 e. The summed E-state index contributed by atoms with van der Waals surface area (Å²) < 4.78 is 5.52. The maximum atomic E-state index is 12.2. The van der Waals surface area contributed by atoms with E-state index in [2.05, 4.69) is 15.3 Å². The standard InChI is InChI=1S/C19H19N3O2/c23-19(22-12-15-2-1-11-24-15)14-5-3-13(4-6-14)18-16-7-9-20-17(16)8-10-21-18/h3-10,15,20H,1-2,11-12H2,(H,22,23). The fraction of sp³-hybridized carbons (Fsp3) is 0.263. The summed E-state index contributed by atoms with van der Waals surface area (Å²) >= 11 is 0. The Morgan fingerprint density at radius 2 is 2.12 bits per heavy atom. The molecule has 122 valence electrons. The second-order valence-electron chi connectivity index (χ2n) is 6.02. The zero-order chi connectivity index (χ0) is 16.4. The van der Waals surface area contributed by atoms with Crippen LogP contribution >= 0.6 is 0 Å². The molecular weight excluding hydrogens is 302 g/mol. The van der Waals surface area contributed by atoms with Gasteiger partial charge in [0, 0.05) is 47.6 Å². The fourth-order valence-corrected chi connectivity index (χ4v) is 3.11. The molecule has 0 radical (unpaired) electrons. The number of carbonyl (C=O) groups is 1. The molecule has 3 aromatic rings. The van der Waals surface area contributed by atoms with Crippen LogP contribution in [0.3, 0.4) is 0 Å². The molecule has 0 spiro atoms. The predicted molar refractivity (Wildman–Crippen MR) is 92.8 cm³/mol. The molecule has 1 unspecified atom stereocenters. The highest BCUT2D eigenvalue weighted by atomic mass is 16.5. The van der Waals surface area contributed by atoms with Gasteiger partial charge in [-0.15, -0.1) is 0 Å². The molecule has 1 aliphatic rings. The van der Waals surface area contributed by atoms with Crippen LogP contribution in [-0.2, 0) is 4.74 Å². The van der Waals surface area contributed by atoms with Gasteiger partial charge in [0.05, 0.1) is 11.8 Å². The Hall–Kier alpha value is -2.66. The van der Waals surface area contributed by atoms with Crippen LogP contribution < -0.4 is 5.32 Å². The van der Waals surface area contributed by atoms with Gasteiger partial charge in [0.2, 0.25) is 0 Å². The van der Waals surface area contributed by atoms with E-state index in [4.69, 9.17) is 4.74 Å². The first-order chi connectivity index (χ1) is 11.8. The van der Waals surface area contributed by atoms with Crippen molar-refractivity contribution in [2.45, 2.75) is 18.9 Å². The Balaban J connectivity index is 1.50. The summed E-state index contributed by atoms with van der Waals surface area (Å²) in [5.74, 6) is -0.0649. The summed E-state index contributed by atoms with van der Waals surface area (Å²) in [4.78, 5) is 19.9. The fourth-order valence-electron chi connectivity index (χ4n) is 3.11. The van der Waals surface area contributed by atoms with E-state index in [1.165, 1.54) is 0 Å². The number of hydrogen-bond acceptors (Lipinski definition) is 3. The van der Waals surface area contributed by atoms with Crippen LogP contribution in [0.15, 0.2) is 48.8 Å². The van der Waals surface area contributed by atoms with Gasteiger partial charge in [-0.3, -0.25) is 9.78 Å². The zero-order valence-corrected chi connectivity index (χ0v) is 13.3. The van der Waals surface area contributed by atoms with Gasteiger partial charge in [0.15, 0.2) is 0 Å². The monoisotopic (exact) mass is 321 g/mol. The van der Waals surface area contributed by atoms with Gasteiger partial charge in [0.25, 0.3) is 5.91 Å². The van der Waals surface area contributed by atoms with Crippen LogP contribution in [0.1, 0.15) is 23.2 Å². The van der Waals surface area contributed by atoms with Crippen molar-refractivity contribution in [2.75, 3.05) is 13.2 Å². The summed E-state index contributed by atoms with van der Waals surface area (Å²) in [7, 11) is 0. The Labute approximate surface area is 140 Å². The largest absolute Gasteiger partial charge is 0.376 e. The summed E-state index contributed by atoms with van der Waals surface area (Å²) in [6.07, 6.45) is 5.95. The average molecular weight is 321 g/mol. The molecule has 0 saturated carbocycles. The van der Waals surface area contributed by atoms with Gasteiger partial charge in [-0.05, 0) is 37.1 Å². The molecule has 2 N–H and O–H groups in total. The van der Waals surface area contributed by atoms with Crippen LogP contribution in [0.25, 0.3) is 22.2 Å². The molecule has 1 atom stereocenters. The number of nitrogens with one attached hydrogen (secondary N) is 2. The normalized spacial score (nSPS) is 17.2. The summed E-state index contributed by atoms with van der Waals surface area (Å²) in [6.45, 7) is 1.37. The lowest BCUT2D eigenvalue weighted by Crippen LogP contribution is -2.31. The molecule has 4 rings (SSSR count). The maximum absolute atomic E-state index is 12.2. The number of amides is 1. The SMILES string of the molecule is O=C(NCC1CCCO1)c1ccc(-c2nccc3[nH]ccc23)cc1. The Kier molecular flexibility index (Phi) is 4.01. The van der Waals surface area contributed by atoms with E-state index in [0.717, 1.165) is 41.6 Å². The molecule has 1 saturated heterocycles. The van der Waals surface area contributed by atoms with Gasteiger partial charge in [-0.1, -0.05) is 12.1 Å². The van der Waals surface area contributed by atoms with Gasteiger partial charge in [-0.25, -0.2) is 0 Å². The predicted octanol–water partition coefficient (Wildman–Crippen LogP) is 3.14. The van der Waals surface area contributed by atoms with Crippen molar-refractivity contribution in [1.82, 2.24) is 15.3 Å². The minimum atomic E-state index is -0.0649. The topological polar surface area (TPSA) is 67.0 Å². The highest BCUT2D eigenvalue weighted by Gasteiger charge is 2.16. The smallest absolute Gasteiger partial charge is 0.251 e. The van der Waals surface area contributed by atoms with Crippen LogP contribution in [-0.4, -0.2) is 35.1 Å². The molecule has 1 aliphatic heterocycles. The number of nitrogens with zero attached hydrogens (tertiary/aromatic N) is 1. The van der Waals surface area contributed by atoms with E-state index in [-0.39, 0.29) is 12.0 Å². The summed E-state index contributed by atoms with van der Waals surface area (Å²) in [5.41, 5.74) is 3.62. The molecule has 3 heterocycles. The van der Waals surface area contributed by atoms with Gasteiger partial charge in [-0.2, -0.15) is 0 Å². The van der Waals surface area contributed by atoms with Gasteiger partial charge in [0.1, 0.15) is 0 Å². The van der Waals surface area contributed by atoms with E-state index in [1.807, 2.05) is 42.6 Å². The lowest BCUT2D eigenvalue weighted by atomic mass is 10.1. The van der Waals surface area contributed by atoms with E-state index in [9.17, 15) is 4.79 Å². The first-order valence-electron chi connectivity index (χ1n) is 8.23. The summed E-state index contributed by atoms with van der Waals surface area (Å²) in [6, 6.07) is 11.5. The van der Waals surface area contributed by atoms with E-state index in [0.29, 0.717) is 12.1 Å². The first kappa shape index (κ1) is 14.9.